The van der Waals surface area contributed by atoms with E-state index in [9.17, 15) is 14.0 Å². The van der Waals surface area contributed by atoms with Gasteiger partial charge in [0.2, 0.25) is 0 Å². The SMILES string of the molecule is COc1cccc(NC2=C(c3ccccc3)C(=O)N(c3ccc(F)c(Cl)c3)C2=O)c1. The van der Waals surface area contributed by atoms with E-state index in [0.717, 1.165) is 11.0 Å². The third kappa shape index (κ3) is 3.53. The van der Waals surface area contributed by atoms with Crippen LogP contribution in [0, 0.1) is 5.82 Å². The summed E-state index contributed by atoms with van der Waals surface area (Å²) in [5.74, 6) is -1.13. The van der Waals surface area contributed by atoms with Crippen LogP contribution in [0.15, 0.2) is 78.5 Å². The van der Waals surface area contributed by atoms with Gasteiger partial charge in [0.05, 0.1) is 23.4 Å². The van der Waals surface area contributed by atoms with Gasteiger partial charge in [-0.25, -0.2) is 9.29 Å². The summed E-state index contributed by atoms with van der Waals surface area (Å²) in [4.78, 5) is 27.5. The molecule has 0 spiro atoms. The van der Waals surface area contributed by atoms with Crippen LogP contribution in [-0.4, -0.2) is 18.9 Å². The Hall–Kier alpha value is -3.64. The van der Waals surface area contributed by atoms with Crippen molar-refractivity contribution in [1.82, 2.24) is 0 Å². The van der Waals surface area contributed by atoms with Crippen molar-refractivity contribution in [2.24, 2.45) is 0 Å². The molecule has 2 amide bonds. The van der Waals surface area contributed by atoms with Crippen LogP contribution in [0.3, 0.4) is 0 Å². The molecule has 4 rings (SSSR count). The zero-order valence-electron chi connectivity index (χ0n) is 15.9. The van der Waals surface area contributed by atoms with E-state index >= 15 is 0 Å². The standard InChI is InChI=1S/C23H16ClFN2O3/c1-30-17-9-5-8-15(12-17)26-21-20(14-6-3-2-4-7-14)22(28)27(23(21)29)16-10-11-19(25)18(24)13-16/h2-13,26H,1H3. The Kier molecular flexibility index (Phi) is 5.25. The van der Waals surface area contributed by atoms with Gasteiger partial charge >= 0.3 is 0 Å². The number of ether oxygens (including phenoxy) is 1. The summed E-state index contributed by atoms with van der Waals surface area (Å²) in [6.45, 7) is 0. The molecule has 0 fully saturated rings. The zero-order valence-corrected chi connectivity index (χ0v) is 16.6. The number of hydrogen-bond acceptors (Lipinski definition) is 4. The fraction of sp³-hybridized carbons (Fsp3) is 0.0435. The van der Waals surface area contributed by atoms with Crippen molar-refractivity contribution in [3.8, 4) is 5.75 Å². The molecule has 0 atom stereocenters. The zero-order chi connectivity index (χ0) is 21.3. The largest absolute Gasteiger partial charge is 0.497 e. The Balaban J connectivity index is 1.81. The quantitative estimate of drug-likeness (QED) is 0.595. The first-order valence-corrected chi connectivity index (χ1v) is 9.42. The Morgan fingerprint density at radius 3 is 2.40 bits per heavy atom. The van der Waals surface area contributed by atoms with Crippen molar-refractivity contribution < 1.29 is 18.7 Å². The highest BCUT2D eigenvalue weighted by atomic mass is 35.5. The Morgan fingerprint density at radius 1 is 0.933 bits per heavy atom. The maximum absolute atomic E-state index is 13.6. The highest BCUT2D eigenvalue weighted by Crippen LogP contribution is 2.35. The summed E-state index contributed by atoms with van der Waals surface area (Å²) in [7, 11) is 1.54. The molecule has 5 nitrogen and oxygen atoms in total. The van der Waals surface area contributed by atoms with E-state index in [2.05, 4.69) is 5.32 Å². The number of carbonyl (C=O) groups excluding carboxylic acids is 2. The number of rotatable bonds is 5. The molecular weight excluding hydrogens is 407 g/mol. The molecule has 1 N–H and O–H groups in total. The van der Waals surface area contributed by atoms with E-state index in [1.54, 1.807) is 48.5 Å². The minimum Gasteiger partial charge on any atom is -0.497 e. The van der Waals surface area contributed by atoms with Gasteiger partial charge in [0.15, 0.2) is 0 Å². The van der Waals surface area contributed by atoms with Crippen LogP contribution in [0.25, 0.3) is 5.57 Å². The minimum absolute atomic E-state index is 0.111. The van der Waals surface area contributed by atoms with E-state index in [1.807, 2.05) is 6.07 Å². The lowest BCUT2D eigenvalue weighted by molar-refractivity contribution is -0.120. The van der Waals surface area contributed by atoms with E-state index in [1.165, 1.54) is 19.2 Å². The Morgan fingerprint density at radius 2 is 1.70 bits per heavy atom. The number of carbonyl (C=O) groups is 2. The highest BCUT2D eigenvalue weighted by molar-refractivity contribution is 6.46. The molecule has 0 radical (unpaired) electrons. The monoisotopic (exact) mass is 422 g/mol. The molecule has 0 saturated heterocycles. The van der Waals surface area contributed by atoms with E-state index in [4.69, 9.17) is 16.3 Å². The van der Waals surface area contributed by atoms with Crippen molar-refractivity contribution >= 4 is 40.4 Å². The summed E-state index contributed by atoms with van der Waals surface area (Å²) in [5, 5.41) is 2.87. The van der Waals surface area contributed by atoms with Crippen LogP contribution in [-0.2, 0) is 9.59 Å². The molecule has 0 saturated carbocycles. The molecule has 0 unspecified atom stereocenters. The molecule has 0 bridgehead atoms. The van der Waals surface area contributed by atoms with E-state index in [0.29, 0.717) is 17.0 Å². The van der Waals surface area contributed by atoms with Crippen molar-refractivity contribution in [2.75, 3.05) is 17.3 Å². The fourth-order valence-corrected chi connectivity index (χ4v) is 3.40. The lowest BCUT2D eigenvalue weighted by Gasteiger charge is -2.16. The smallest absolute Gasteiger partial charge is 0.282 e. The van der Waals surface area contributed by atoms with Crippen LogP contribution >= 0.6 is 11.6 Å². The molecule has 30 heavy (non-hydrogen) atoms. The molecule has 3 aromatic carbocycles. The number of benzene rings is 3. The summed E-state index contributed by atoms with van der Waals surface area (Å²) >= 11 is 5.87. The second kappa shape index (κ2) is 8.00. The maximum atomic E-state index is 13.6. The number of amides is 2. The number of hydrogen-bond donors (Lipinski definition) is 1. The second-order valence-electron chi connectivity index (χ2n) is 6.52. The first-order chi connectivity index (χ1) is 14.5. The number of nitrogens with zero attached hydrogens (tertiary/aromatic N) is 1. The van der Waals surface area contributed by atoms with Gasteiger partial charge in [0, 0.05) is 11.8 Å². The predicted molar refractivity (Wildman–Crippen MR) is 114 cm³/mol. The predicted octanol–water partition coefficient (Wildman–Crippen LogP) is 4.88. The normalized spacial score (nSPS) is 13.8. The van der Waals surface area contributed by atoms with Gasteiger partial charge in [-0.1, -0.05) is 48.0 Å². The van der Waals surface area contributed by atoms with Crippen molar-refractivity contribution in [1.29, 1.82) is 0 Å². The van der Waals surface area contributed by atoms with Gasteiger partial charge in [0.25, 0.3) is 11.8 Å². The second-order valence-corrected chi connectivity index (χ2v) is 6.92. The van der Waals surface area contributed by atoms with E-state index < -0.39 is 17.6 Å². The molecular formula is C23H16ClFN2O3. The van der Waals surface area contributed by atoms with Gasteiger partial charge in [-0.2, -0.15) is 0 Å². The first kappa shape index (κ1) is 19.7. The highest BCUT2D eigenvalue weighted by Gasteiger charge is 2.40. The van der Waals surface area contributed by atoms with Gasteiger partial charge in [-0.3, -0.25) is 9.59 Å². The Bertz CT molecular complexity index is 1180. The fourth-order valence-electron chi connectivity index (χ4n) is 3.22. The molecule has 1 heterocycles. The van der Waals surface area contributed by atoms with Crippen LogP contribution in [0.5, 0.6) is 5.75 Å². The number of imide groups is 1. The number of halogens is 2. The topological polar surface area (TPSA) is 58.6 Å². The van der Waals surface area contributed by atoms with Crippen LogP contribution in [0.2, 0.25) is 5.02 Å². The van der Waals surface area contributed by atoms with Gasteiger partial charge in [0.1, 0.15) is 17.3 Å². The molecule has 1 aliphatic heterocycles. The molecule has 150 valence electrons. The lowest BCUT2D eigenvalue weighted by Crippen LogP contribution is -2.32. The molecule has 0 aromatic heterocycles. The minimum atomic E-state index is -0.634. The molecule has 0 aliphatic carbocycles. The lowest BCUT2D eigenvalue weighted by atomic mass is 10.0. The van der Waals surface area contributed by atoms with Crippen molar-refractivity contribution in [2.45, 2.75) is 0 Å². The van der Waals surface area contributed by atoms with Crippen molar-refractivity contribution in [3.63, 3.8) is 0 Å². The summed E-state index contributed by atoms with van der Waals surface area (Å²) in [5.41, 5.74) is 1.67. The van der Waals surface area contributed by atoms with E-state index in [-0.39, 0.29) is 22.0 Å². The third-order valence-electron chi connectivity index (χ3n) is 4.65. The third-order valence-corrected chi connectivity index (χ3v) is 4.94. The number of methoxy groups -OCH3 is 1. The van der Waals surface area contributed by atoms with Crippen LogP contribution in [0.4, 0.5) is 15.8 Å². The summed E-state index contributed by atoms with van der Waals surface area (Å²) in [6, 6.07) is 19.6. The summed E-state index contributed by atoms with van der Waals surface area (Å²) in [6.07, 6.45) is 0. The van der Waals surface area contributed by atoms with Crippen LogP contribution in [0.1, 0.15) is 5.56 Å². The Labute approximate surface area is 177 Å². The average Bonchev–Trinajstić information content (AvgIpc) is 3.00. The van der Waals surface area contributed by atoms with Crippen molar-refractivity contribution in [3.05, 3.63) is 94.9 Å². The number of anilines is 2. The molecule has 7 heteroatoms. The molecule has 3 aromatic rings. The average molecular weight is 423 g/mol. The van der Waals surface area contributed by atoms with Crippen LogP contribution < -0.4 is 15.0 Å². The number of nitrogens with one attached hydrogen (secondary N) is 1. The van der Waals surface area contributed by atoms with Gasteiger partial charge in [-0.15, -0.1) is 0 Å². The maximum Gasteiger partial charge on any atom is 0.282 e. The molecule has 1 aliphatic rings. The van der Waals surface area contributed by atoms with Gasteiger partial charge in [-0.05, 0) is 35.9 Å². The van der Waals surface area contributed by atoms with Gasteiger partial charge < -0.3 is 10.1 Å². The summed E-state index contributed by atoms with van der Waals surface area (Å²) < 4.78 is 18.8. The first-order valence-electron chi connectivity index (χ1n) is 9.04.